The summed E-state index contributed by atoms with van der Waals surface area (Å²) >= 11 is 0. The van der Waals surface area contributed by atoms with Crippen molar-refractivity contribution in [2.45, 2.75) is 241 Å². The number of aliphatic hydroxyl groups excluding tert-OH is 8. The lowest BCUT2D eigenvalue weighted by Gasteiger charge is -2.47. The summed E-state index contributed by atoms with van der Waals surface area (Å²) < 4.78 is 45.3. The maximum atomic E-state index is 13.3. The van der Waals surface area contributed by atoms with Crippen LogP contribution in [0.25, 0.3) is 0 Å². The number of hydrogen-bond acceptors (Lipinski definition) is 17. The molecular formula is C43H81O18P. The minimum absolute atomic E-state index is 0.0385. The van der Waals surface area contributed by atoms with Gasteiger partial charge in [0, 0.05) is 12.8 Å². The van der Waals surface area contributed by atoms with Gasteiger partial charge in [-0.2, -0.15) is 0 Å². The van der Waals surface area contributed by atoms with Crippen LogP contribution in [0.15, 0.2) is 0 Å². The van der Waals surface area contributed by atoms with Crippen LogP contribution in [0.2, 0.25) is 0 Å². The summed E-state index contributed by atoms with van der Waals surface area (Å²) in [6.45, 7) is 2.19. The average molecular weight is 917 g/mol. The first-order valence-corrected chi connectivity index (χ1v) is 24.9. The topological polar surface area (TPSA) is 289 Å². The largest absolute Gasteiger partial charge is 0.472 e. The van der Waals surface area contributed by atoms with E-state index >= 15 is 0 Å². The fourth-order valence-electron chi connectivity index (χ4n) is 7.64. The second kappa shape index (κ2) is 32.3. The molecule has 9 N–H and O–H groups in total. The predicted octanol–water partition coefficient (Wildman–Crippen LogP) is 3.99. The van der Waals surface area contributed by atoms with Crippen LogP contribution in [0.4, 0.5) is 0 Å². The van der Waals surface area contributed by atoms with Crippen molar-refractivity contribution < 1.29 is 87.9 Å². The van der Waals surface area contributed by atoms with E-state index in [1.54, 1.807) is 0 Å². The minimum Gasteiger partial charge on any atom is -0.462 e. The Hall–Kier alpha value is -1.35. The van der Waals surface area contributed by atoms with Gasteiger partial charge >= 0.3 is 19.8 Å². The van der Waals surface area contributed by atoms with Gasteiger partial charge in [-0.1, -0.05) is 142 Å². The Morgan fingerprint density at radius 1 is 0.548 bits per heavy atom. The Morgan fingerprint density at radius 3 is 1.44 bits per heavy atom. The van der Waals surface area contributed by atoms with E-state index in [1.165, 1.54) is 77.0 Å². The van der Waals surface area contributed by atoms with Crippen LogP contribution >= 0.6 is 7.82 Å². The van der Waals surface area contributed by atoms with Gasteiger partial charge in [-0.3, -0.25) is 18.6 Å². The molecule has 2 fully saturated rings. The van der Waals surface area contributed by atoms with Crippen molar-refractivity contribution in [1.29, 1.82) is 0 Å². The fourth-order valence-corrected chi connectivity index (χ4v) is 8.61. The number of ether oxygens (including phenoxy) is 4. The normalized spacial score (nSPS) is 29.2. The van der Waals surface area contributed by atoms with Crippen LogP contribution in [-0.2, 0) is 42.1 Å². The number of carbonyl (C=O) groups excluding carboxylic acids is 2. The van der Waals surface area contributed by atoms with E-state index in [-0.39, 0.29) is 12.8 Å². The molecule has 18 nitrogen and oxygen atoms in total. The highest BCUT2D eigenvalue weighted by atomic mass is 31.2. The summed E-state index contributed by atoms with van der Waals surface area (Å²) in [5.41, 5.74) is 0. The molecule has 0 radical (unpaired) electrons. The van der Waals surface area contributed by atoms with Gasteiger partial charge in [-0.15, -0.1) is 0 Å². The highest BCUT2D eigenvalue weighted by Crippen LogP contribution is 2.48. The van der Waals surface area contributed by atoms with Gasteiger partial charge in [0.05, 0.1) is 13.2 Å². The van der Waals surface area contributed by atoms with Crippen LogP contribution in [-0.4, -0.2) is 151 Å². The van der Waals surface area contributed by atoms with E-state index < -0.39 is 113 Å². The molecule has 366 valence electrons. The third-order valence-corrected chi connectivity index (χ3v) is 12.5. The zero-order valence-electron chi connectivity index (χ0n) is 37.2. The Labute approximate surface area is 368 Å². The number of carbonyl (C=O) groups is 2. The van der Waals surface area contributed by atoms with Gasteiger partial charge < -0.3 is 64.7 Å². The number of hydrogen-bond donors (Lipinski definition) is 9. The molecule has 2 rings (SSSR count). The lowest BCUT2D eigenvalue weighted by atomic mass is 9.84. The van der Waals surface area contributed by atoms with Crippen LogP contribution in [0.5, 0.6) is 0 Å². The molecule has 0 spiro atoms. The summed E-state index contributed by atoms with van der Waals surface area (Å²) in [6.07, 6.45) is 0.739. The molecule has 1 heterocycles. The van der Waals surface area contributed by atoms with Gasteiger partial charge in [-0.05, 0) is 12.8 Å². The molecular weight excluding hydrogens is 835 g/mol. The summed E-state index contributed by atoms with van der Waals surface area (Å²) in [5.74, 6) is -1.21. The van der Waals surface area contributed by atoms with Crippen molar-refractivity contribution in [2.24, 2.45) is 0 Å². The number of aliphatic hydroxyl groups is 8. The predicted molar refractivity (Wildman–Crippen MR) is 226 cm³/mol. The van der Waals surface area contributed by atoms with E-state index in [0.29, 0.717) is 12.8 Å². The zero-order chi connectivity index (χ0) is 45.9. The molecule has 7 unspecified atom stereocenters. The maximum absolute atomic E-state index is 13.3. The molecule has 2 aliphatic rings. The Balaban J connectivity index is 2.00. The van der Waals surface area contributed by atoms with Crippen molar-refractivity contribution in [3.8, 4) is 0 Å². The Bertz CT molecular complexity index is 1230. The average Bonchev–Trinajstić information content (AvgIpc) is 3.25. The fraction of sp³-hybridized carbons (Fsp3) is 0.953. The maximum Gasteiger partial charge on any atom is 0.472 e. The van der Waals surface area contributed by atoms with E-state index in [1.807, 2.05) is 0 Å². The molecule has 1 saturated carbocycles. The minimum atomic E-state index is -5.36. The van der Waals surface area contributed by atoms with Crippen molar-refractivity contribution in [2.75, 3.05) is 19.8 Å². The number of esters is 2. The van der Waals surface area contributed by atoms with E-state index in [2.05, 4.69) is 13.8 Å². The lowest BCUT2D eigenvalue weighted by Crippen LogP contribution is -2.67. The van der Waals surface area contributed by atoms with Crippen molar-refractivity contribution in [1.82, 2.24) is 0 Å². The number of rotatable bonds is 35. The molecule has 13 atom stereocenters. The molecule has 1 aliphatic carbocycles. The molecule has 0 aromatic rings. The third kappa shape index (κ3) is 21.8. The van der Waals surface area contributed by atoms with Crippen LogP contribution in [0.3, 0.4) is 0 Å². The van der Waals surface area contributed by atoms with Crippen LogP contribution in [0, 0.1) is 0 Å². The molecule has 62 heavy (non-hydrogen) atoms. The summed E-state index contributed by atoms with van der Waals surface area (Å²) in [5, 5.41) is 82.7. The van der Waals surface area contributed by atoms with Crippen molar-refractivity contribution in [3.63, 3.8) is 0 Å². The van der Waals surface area contributed by atoms with E-state index in [4.69, 9.17) is 28.0 Å². The second-order valence-corrected chi connectivity index (χ2v) is 18.4. The highest BCUT2D eigenvalue weighted by Gasteiger charge is 2.55. The smallest absolute Gasteiger partial charge is 0.462 e. The molecule has 1 saturated heterocycles. The second-order valence-electron chi connectivity index (χ2n) is 17.0. The number of unbranched alkanes of at least 4 members (excludes halogenated alkanes) is 20. The van der Waals surface area contributed by atoms with Crippen molar-refractivity contribution >= 4 is 19.8 Å². The van der Waals surface area contributed by atoms with E-state index in [9.17, 15) is 59.9 Å². The number of phosphoric acid groups is 1. The van der Waals surface area contributed by atoms with Gasteiger partial charge in [0.2, 0.25) is 0 Å². The Kier molecular flexibility index (Phi) is 29.6. The zero-order valence-corrected chi connectivity index (χ0v) is 38.1. The first-order chi connectivity index (χ1) is 29.7. The van der Waals surface area contributed by atoms with Crippen LogP contribution in [0.1, 0.15) is 168 Å². The monoisotopic (exact) mass is 917 g/mol. The van der Waals surface area contributed by atoms with Crippen LogP contribution < -0.4 is 0 Å². The summed E-state index contributed by atoms with van der Waals surface area (Å²) in [6, 6.07) is 0. The van der Waals surface area contributed by atoms with Crippen molar-refractivity contribution in [3.05, 3.63) is 0 Å². The van der Waals surface area contributed by atoms with E-state index in [0.717, 1.165) is 51.4 Å². The SMILES string of the molecule is CCCCCCCCCCCCCC(=O)OC[C@@H](COP(=O)(O)OC1[C@H](O[C@@H]2OC(CO)[C@H](O)C(O)C2O)C(O)C(O)[C@H](O)[C@H]1O)OC(=O)CCCCCCCCCCCCC. The molecule has 0 bridgehead atoms. The van der Waals surface area contributed by atoms with Gasteiger partial charge in [0.25, 0.3) is 0 Å². The first kappa shape index (κ1) is 56.8. The summed E-state index contributed by atoms with van der Waals surface area (Å²) in [4.78, 5) is 36.3. The molecule has 1 aliphatic heterocycles. The highest BCUT2D eigenvalue weighted by molar-refractivity contribution is 7.47. The Morgan fingerprint density at radius 2 is 0.968 bits per heavy atom. The quantitative estimate of drug-likeness (QED) is 0.0247. The van der Waals surface area contributed by atoms with Gasteiger partial charge in [0.15, 0.2) is 12.4 Å². The molecule has 0 aromatic carbocycles. The number of phosphoric ester groups is 1. The van der Waals surface area contributed by atoms with Gasteiger partial charge in [-0.25, -0.2) is 4.57 Å². The summed E-state index contributed by atoms with van der Waals surface area (Å²) in [7, 11) is -5.36. The molecule has 0 aromatic heterocycles. The standard InChI is InChI=1S/C43H81O18P/c1-3-5-7-9-11-13-15-17-19-21-23-25-32(45)56-28-30(58-33(46)26-24-22-20-18-16-14-12-10-8-6-4-2)29-57-62(54,55)61-42-39(52)37(50)36(49)38(51)41(42)60-43-40(53)35(48)34(47)31(27-44)59-43/h30-31,34-44,47-53H,3-29H2,1-2H3,(H,54,55)/t30-,31?,34-,35?,36?,37-,38?,39+,40?,41+,42?,43-/m0/s1. The molecule has 0 amide bonds. The lowest BCUT2D eigenvalue weighted by molar-refractivity contribution is -0.338. The third-order valence-electron chi connectivity index (χ3n) is 11.6. The molecule has 19 heteroatoms. The first-order valence-electron chi connectivity index (χ1n) is 23.4. The van der Waals surface area contributed by atoms with Gasteiger partial charge in [0.1, 0.15) is 67.6 Å².